The number of carbonyl (C=O) groups is 1. The highest BCUT2D eigenvalue weighted by Crippen LogP contribution is 2.34. The van der Waals surface area contributed by atoms with Gasteiger partial charge in [0.1, 0.15) is 5.01 Å². The van der Waals surface area contributed by atoms with Gasteiger partial charge in [0.2, 0.25) is 5.91 Å². The smallest absolute Gasteiger partial charge is 0.228 e. The van der Waals surface area contributed by atoms with Crippen LogP contribution in [-0.4, -0.2) is 35.5 Å². The lowest BCUT2D eigenvalue weighted by Crippen LogP contribution is -2.37. The summed E-state index contributed by atoms with van der Waals surface area (Å²) in [5.41, 5.74) is 5.50. The van der Waals surface area contributed by atoms with Crippen molar-refractivity contribution in [3.8, 4) is 22.1 Å². The van der Waals surface area contributed by atoms with Crippen molar-refractivity contribution >= 4 is 17.2 Å². The lowest BCUT2D eigenvalue weighted by molar-refractivity contribution is -0.131. The molecule has 2 heterocycles. The largest absolute Gasteiger partial charge is 0.490 e. The Labute approximate surface area is 187 Å². The van der Waals surface area contributed by atoms with E-state index in [2.05, 4.69) is 31.2 Å². The van der Waals surface area contributed by atoms with Crippen molar-refractivity contribution in [2.24, 2.45) is 0 Å². The number of nitrogens with zero attached hydrogens (tertiary/aromatic N) is 2. The number of hydrogen-bond donors (Lipinski definition) is 0. The van der Waals surface area contributed by atoms with Gasteiger partial charge < -0.3 is 14.4 Å². The van der Waals surface area contributed by atoms with Crippen molar-refractivity contribution in [3.63, 3.8) is 0 Å². The summed E-state index contributed by atoms with van der Waals surface area (Å²) in [6.07, 6.45) is 1.14. The molecule has 1 aromatic heterocycles. The van der Waals surface area contributed by atoms with E-state index in [1.807, 2.05) is 36.3 Å². The number of ether oxygens (including phenoxy) is 2. The normalized spacial score (nSPS) is 13.1. The molecular formula is C25H28N2O3S. The van der Waals surface area contributed by atoms with Crippen LogP contribution in [-0.2, 0) is 24.2 Å². The average Bonchev–Trinajstić information content (AvgIpc) is 3.22. The molecule has 0 radical (unpaired) electrons. The minimum Gasteiger partial charge on any atom is -0.490 e. The summed E-state index contributed by atoms with van der Waals surface area (Å²) in [4.78, 5) is 19.6. The molecule has 0 saturated heterocycles. The maximum Gasteiger partial charge on any atom is 0.228 e. The third-order valence-electron chi connectivity index (χ3n) is 5.38. The van der Waals surface area contributed by atoms with Gasteiger partial charge in [-0.1, -0.05) is 23.8 Å². The first-order valence-corrected chi connectivity index (χ1v) is 11.7. The third-order valence-corrected chi connectivity index (χ3v) is 6.32. The molecule has 0 aliphatic carbocycles. The van der Waals surface area contributed by atoms with E-state index in [1.165, 1.54) is 11.1 Å². The van der Waals surface area contributed by atoms with E-state index in [-0.39, 0.29) is 5.91 Å². The monoisotopic (exact) mass is 436 g/mol. The predicted molar refractivity (Wildman–Crippen MR) is 124 cm³/mol. The zero-order valence-electron chi connectivity index (χ0n) is 18.3. The average molecular weight is 437 g/mol. The summed E-state index contributed by atoms with van der Waals surface area (Å²) in [5.74, 6) is 1.65. The molecule has 6 heteroatoms. The molecule has 2 aromatic carbocycles. The molecule has 0 fully saturated rings. The second-order valence-corrected chi connectivity index (χ2v) is 8.55. The first-order chi connectivity index (χ1) is 15.1. The molecule has 162 valence electrons. The summed E-state index contributed by atoms with van der Waals surface area (Å²) in [5, 5.41) is 2.95. The van der Waals surface area contributed by atoms with Gasteiger partial charge in [0.05, 0.1) is 25.3 Å². The second-order valence-electron chi connectivity index (χ2n) is 7.69. The van der Waals surface area contributed by atoms with Gasteiger partial charge in [0.15, 0.2) is 11.5 Å². The Kier molecular flexibility index (Phi) is 6.56. The highest BCUT2D eigenvalue weighted by molar-refractivity contribution is 7.13. The predicted octanol–water partition coefficient (Wildman–Crippen LogP) is 5.04. The quantitative estimate of drug-likeness (QED) is 0.520. The van der Waals surface area contributed by atoms with Gasteiger partial charge >= 0.3 is 0 Å². The maximum atomic E-state index is 13.0. The highest BCUT2D eigenvalue weighted by atomic mass is 32.1. The molecule has 1 aliphatic rings. The molecule has 0 saturated carbocycles. The van der Waals surface area contributed by atoms with Crippen LogP contribution in [0.2, 0.25) is 0 Å². The van der Waals surface area contributed by atoms with Crippen LogP contribution in [0, 0.1) is 6.92 Å². The molecule has 4 rings (SSSR count). The summed E-state index contributed by atoms with van der Waals surface area (Å²) >= 11 is 1.59. The number of aryl methyl sites for hydroxylation is 1. The molecule has 0 N–H and O–H groups in total. The van der Waals surface area contributed by atoms with E-state index < -0.39 is 0 Å². The number of carbonyl (C=O) groups excluding carboxylic acids is 1. The van der Waals surface area contributed by atoms with Gasteiger partial charge in [0, 0.05) is 24.0 Å². The van der Waals surface area contributed by atoms with Crippen molar-refractivity contribution in [3.05, 3.63) is 64.2 Å². The van der Waals surface area contributed by atoms with Gasteiger partial charge in [-0.3, -0.25) is 4.79 Å². The number of fused-ring (bicyclic) bond motifs is 1. The Bertz CT molecular complexity index is 1080. The van der Waals surface area contributed by atoms with Crippen molar-refractivity contribution in [1.82, 2.24) is 9.88 Å². The van der Waals surface area contributed by atoms with Crippen LogP contribution in [0.3, 0.4) is 0 Å². The first kappa shape index (κ1) is 21.4. The van der Waals surface area contributed by atoms with Crippen LogP contribution in [0.25, 0.3) is 10.6 Å². The zero-order chi connectivity index (χ0) is 21.8. The SMILES string of the molecule is CCOc1cc2c(cc1OCC)CN(C(=O)Cc1csc(-c3cccc(C)c3)n1)CC2. The Morgan fingerprint density at radius 2 is 1.84 bits per heavy atom. The van der Waals surface area contributed by atoms with Crippen LogP contribution in [0.1, 0.15) is 36.2 Å². The number of aromatic nitrogens is 1. The van der Waals surface area contributed by atoms with E-state index in [1.54, 1.807) is 11.3 Å². The van der Waals surface area contributed by atoms with Crippen molar-refractivity contribution in [1.29, 1.82) is 0 Å². The first-order valence-electron chi connectivity index (χ1n) is 10.8. The fraction of sp³-hybridized carbons (Fsp3) is 0.360. The van der Waals surface area contributed by atoms with Crippen LogP contribution in [0.4, 0.5) is 0 Å². The van der Waals surface area contributed by atoms with E-state index in [4.69, 9.17) is 14.5 Å². The third kappa shape index (κ3) is 4.90. The van der Waals surface area contributed by atoms with Gasteiger partial charge in [-0.2, -0.15) is 0 Å². The maximum absolute atomic E-state index is 13.0. The highest BCUT2D eigenvalue weighted by Gasteiger charge is 2.24. The number of thiazole rings is 1. The number of benzene rings is 2. The summed E-state index contributed by atoms with van der Waals surface area (Å²) in [7, 11) is 0. The Morgan fingerprint density at radius 1 is 1.10 bits per heavy atom. The molecule has 31 heavy (non-hydrogen) atoms. The van der Waals surface area contributed by atoms with E-state index >= 15 is 0 Å². The lowest BCUT2D eigenvalue weighted by atomic mass is 9.98. The Balaban J connectivity index is 1.46. The van der Waals surface area contributed by atoms with Crippen molar-refractivity contribution < 1.29 is 14.3 Å². The molecule has 0 unspecified atom stereocenters. The number of amides is 1. The van der Waals surface area contributed by atoms with Gasteiger partial charge in [-0.05, 0) is 56.5 Å². The molecular weight excluding hydrogens is 408 g/mol. The minimum atomic E-state index is 0.110. The van der Waals surface area contributed by atoms with Crippen molar-refractivity contribution in [2.45, 2.75) is 40.2 Å². The van der Waals surface area contributed by atoms with Crippen LogP contribution >= 0.6 is 11.3 Å². The van der Waals surface area contributed by atoms with E-state index in [0.717, 1.165) is 39.7 Å². The fourth-order valence-electron chi connectivity index (χ4n) is 3.88. The molecule has 0 bridgehead atoms. The molecule has 3 aromatic rings. The molecule has 0 atom stereocenters. The van der Waals surface area contributed by atoms with Gasteiger partial charge in [0.25, 0.3) is 0 Å². The van der Waals surface area contributed by atoms with Crippen LogP contribution in [0.15, 0.2) is 41.8 Å². The number of hydrogen-bond acceptors (Lipinski definition) is 5. The molecule has 0 spiro atoms. The van der Waals surface area contributed by atoms with Crippen LogP contribution in [0.5, 0.6) is 11.5 Å². The second kappa shape index (κ2) is 9.52. The van der Waals surface area contributed by atoms with Gasteiger partial charge in [-0.15, -0.1) is 11.3 Å². The summed E-state index contributed by atoms with van der Waals surface area (Å²) in [6.45, 7) is 8.48. The minimum absolute atomic E-state index is 0.110. The standard InChI is InChI=1S/C25H28N2O3S/c1-4-29-22-12-18-9-10-27(15-20(18)13-23(22)30-5-2)24(28)14-21-16-31-25(26-21)19-8-6-7-17(3)11-19/h6-8,11-13,16H,4-5,9-10,14-15H2,1-3H3. The molecule has 1 amide bonds. The summed E-state index contributed by atoms with van der Waals surface area (Å²) in [6, 6.07) is 12.4. The number of rotatable bonds is 7. The van der Waals surface area contributed by atoms with Crippen molar-refractivity contribution in [2.75, 3.05) is 19.8 Å². The molecule has 1 aliphatic heterocycles. The molecule has 5 nitrogen and oxygen atoms in total. The Morgan fingerprint density at radius 3 is 2.55 bits per heavy atom. The van der Waals surface area contributed by atoms with E-state index in [9.17, 15) is 4.79 Å². The fourth-order valence-corrected chi connectivity index (χ4v) is 4.70. The van der Waals surface area contributed by atoms with Crippen LogP contribution < -0.4 is 9.47 Å². The van der Waals surface area contributed by atoms with E-state index in [0.29, 0.717) is 32.7 Å². The zero-order valence-corrected chi connectivity index (χ0v) is 19.1. The topological polar surface area (TPSA) is 51.7 Å². The Hall–Kier alpha value is -2.86. The lowest BCUT2D eigenvalue weighted by Gasteiger charge is -2.29. The summed E-state index contributed by atoms with van der Waals surface area (Å²) < 4.78 is 11.5. The van der Waals surface area contributed by atoms with Gasteiger partial charge in [-0.25, -0.2) is 4.98 Å².